The summed E-state index contributed by atoms with van der Waals surface area (Å²) in [5.74, 6) is 0.591. The maximum atomic E-state index is 11.8. The molecule has 0 unspecified atom stereocenters. The van der Waals surface area contributed by atoms with E-state index in [2.05, 4.69) is 20.8 Å². The average molecular weight is 266 g/mol. The number of halogens is 1. The summed E-state index contributed by atoms with van der Waals surface area (Å²) in [4.78, 5) is 11.8. The van der Waals surface area contributed by atoms with Crippen LogP contribution in [0, 0.1) is 0 Å². The third-order valence-electron chi connectivity index (χ3n) is 2.45. The Morgan fingerprint density at radius 2 is 2.11 bits per heavy atom. The molecular formula is C11H12ClN5O. The SMILES string of the molecule is Cn1nnnc1CCNC(=O)c1ccc(Cl)cc1. The van der Waals surface area contributed by atoms with E-state index in [0.717, 1.165) is 5.82 Å². The van der Waals surface area contributed by atoms with Crippen LogP contribution < -0.4 is 5.32 Å². The van der Waals surface area contributed by atoms with Gasteiger partial charge in [-0.25, -0.2) is 4.68 Å². The summed E-state index contributed by atoms with van der Waals surface area (Å²) in [6.07, 6.45) is 0.586. The highest BCUT2D eigenvalue weighted by Crippen LogP contribution is 2.09. The Balaban J connectivity index is 1.85. The molecular weight excluding hydrogens is 254 g/mol. The van der Waals surface area contributed by atoms with Gasteiger partial charge in [0, 0.05) is 30.6 Å². The van der Waals surface area contributed by atoms with E-state index < -0.39 is 0 Å². The van der Waals surface area contributed by atoms with E-state index >= 15 is 0 Å². The Labute approximate surface area is 109 Å². The van der Waals surface area contributed by atoms with Gasteiger partial charge in [-0.1, -0.05) is 11.6 Å². The molecule has 1 aromatic carbocycles. The summed E-state index contributed by atoms with van der Waals surface area (Å²) in [7, 11) is 1.76. The summed E-state index contributed by atoms with van der Waals surface area (Å²) in [5, 5.41) is 14.5. The smallest absolute Gasteiger partial charge is 0.251 e. The van der Waals surface area contributed by atoms with E-state index in [9.17, 15) is 4.79 Å². The first-order valence-corrected chi connectivity index (χ1v) is 5.79. The van der Waals surface area contributed by atoms with Crippen molar-refractivity contribution in [2.45, 2.75) is 6.42 Å². The van der Waals surface area contributed by atoms with Gasteiger partial charge in [0.05, 0.1) is 0 Å². The van der Waals surface area contributed by atoms with Gasteiger partial charge in [-0.15, -0.1) is 5.10 Å². The molecule has 2 aromatic rings. The Morgan fingerprint density at radius 3 is 2.72 bits per heavy atom. The van der Waals surface area contributed by atoms with E-state index in [1.165, 1.54) is 0 Å². The van der Waals surface area contributed by atoms with E-state index in [-0.39, 0.29) is 5.91 Å². The third kappa shape index (κ3) is 3.04. The van der Waals surface area contributed by atoms with Crippen molar-refractivity contribution < 1.29 is 4.79 Å². The Bertz CT molecular complexity index is 537. The molecule has 0 aliphatic heterocycles. The fourth-order valence-corrected chi connectivity index (χ4v) is 1.58. The minimum absolute atomic E-state index is 0.137. The van der Waals surface area contributed by atoms with Crippen LogP contribution in [0.5, 0.6) is 0 Å². The van der Waals surface area contributed by atoms with Crippen molar-refractivity contribution in [2.24, 2.45) is 7.05 Å². The lowest BCUT2D eigenvalue weighted by Gasteiger charge is -2.04. The molecule has 94 valence electrons. The maximum absolute atomic E-state index is 11.8. The van der Waals surface area contributed by atoms with E-state index in [1.807, 2.05) is 0 Å². The average Bonchev–Trinajstić information content (AvgIpc) is 2.76. The second-order valence-corrected chi connectivity index (χ2v) is 4.17. The first-order chi connectivity index (χ1) is 8.66. The zero-order chi connectivity index (χ0) is 13.0. The van der Waals surface area contributed by atoms with Crippen molar-refractivity contribution in [2.75, 3.05) is 6.54 Å². The number of nitrogens with zero attached hydrogens (tertiary/aromatic N) is 4. The molecule has 6 nitrogen and oxygen atoms in total. The number of rotatable bonds is 4. The summed E-state index contributed by atoms with van der Waals surface area (Å²) in [5.41, 5.74) is 0.579. The van der Waals surface area contributed by atoms with Crippen LogP contribution in [0.25, 0.3) is 0 Å². The Kier molecular flexibility index (Phi) is 3.88. The fourth-order valence-electron chi connectivity index (χ4n) is 1.45. The fraction of sp³-hybridized carbons (Fsp3) is 0.273. The Morgan fingerprint density at radius 1 is 1.39 bits per heavy atom. The van der Waals surface area contributed by atoms with Crippen LogP contribution in [0.2, 0.25) is 5.02 Å². The number of aromatic nitrogens is 4. The zero-order valence-electron chi connectivity index (χ0n) is 9.80. The molecule has 0 saturated carbocycles. The molecule has 1 amide bonds. The van der Waals surface area contributed by atoms with E-state index in [1.54, 1.807) is 36.0 Å². The van der Waals surface area contributed by atoms with Gasteiger partial charge < -0.3 is 5.32 Å². The van der Waals surface area contributed by atoms with Crippen LogP contribution in [0.1, 0.15) is 16.2 Å². The molecule has 2 rings (SSSR count). The van der Waals surface area contributed by atoms with Gasteiger partial charge in [-0.05, 0) is 34.7 Å². The first kappa shape index (κ1) is 12.5. The number of hydrogen-bond acceptors (Lipinski definition) is 4. The van der Waals surface area contributed by atoms with Crippen LogP contribution in [-0.2, 0) is 13.5 Å². The molecule has 0 aliphatic rings. The number of tetrazole rings is 1. The van der Waals surface area contributed by atoms with Crippen molar-refractivity contribution in [1.82, 2.24) is 25.5 Å². The van der Waals surface area contributed by atoms with Crippen LogP contribution in [-0.4, -0.2) is 32.7 Å². The van der Waals surface area contributed by atoms with Gasteiger partial charge in [0.25, 0.3) is 5.91 Å². The quantitative estimate of drug-likeness (QED) is 0.889. The molecule has 1 N–H and O–H groups in total. The highest BCUT2D eigenvalue weighted by atomic mass is 35.5. The molecule has 1 heterocycles. The molecule has 0 fully saturated rings. The number of nitrogens with one attached hydrogen (secondary N) is 1. The molecule has 0 radical (unpaired) electrons. The normalized spacial score (nSPS) is 10.3. The monoisotopic (exact) mass is 265 g/mol. The third-order valence-corrected chi connectivity index (χ3v) is 2.70. The molecule has 0 saturated heterocycles. The molecule has 7 heteroatoms. The van der Waals surface area contributed by atoms with Gasteiger partial charge in [0.1, 0.15) is 0 Å². The molecule has 0 spiro atoms. The predicted molar refractivity (Wildman–Crippen MR) is 66.3 cm³/mol. The molecule has 1 aromatic heterocycles. The number of amides is 1. The number of benzene rings is 1. The lowest BCUT2D eigenvalue weighted by atomic mass is 10.2. The van der Waals surface area contributed by atoms with Crippen LogP contribution in [0.15, 0.2) is 24.3 Å². The van der Waals surface area contributed by atoms with Crippen molar-refractivity contribution in [3.8, 4) is 0 Å². The largest absolute Gasteiger partial charge is 0.352 e. The van der Waals surface area contributed by atoms with Crippen molar-refractivity contribution >= 4 is 17.5 Å². The van der Waals surface area contributed by atoms with Gasteiger partial charge in [0.15, 0.2) is 5.82 Å². The molecule has 0 atom stereocenters. The second-order valence-electron chi connectivity index (χ2n) is 3.73. The molecule has 18 heavy (non-hydrogen) atoms. The van der Waals surface area contributed by atoms with Crippen molar-refractivity contribution in [3.05, 3.63) is 40.7 Å². The minimum Gasteiger partial charge on any atom is -0.352 e. The van der Waals surface area contributed by atoms with Gasteiger partial charge in [0.2, 0.25) is 0 Å². The van der Waals surface area contributed by atoms with Crippen molar-refractivity contribution in [3.63, 3.8) is 0 Å². The summed E-state index contributed by atoms with van der Waals surface area (Å²) in [6.45, 7) is 0.482. The standard InChI is InChI=1S/C11H12ClN5O/c1-17-10(14-15-16-17)6-7-13-11(18)8-2-4-9(12)5-3-8/h2-5H,6-7H2,1H3,(H,13,18). The highest BCUT2D eigenvalue weighted by Gasteiger charge is 2.06. The van der Waals surface area contributed by atoms with Crippen molar-refractivity contribution in [1.29, 1.82) is 0 Å². The lowest BCUT2D eigenvalue weighted by Crippen LogP contribution is -2.26. The number of aryl methyl sites for hydroxylation is 1. The number of carbonyl (C=O) groups is 1. The number of hydrogen-bond donors (Lipinski definition) is 1. The summed E-state index contributed by atoms with van der Waals surface area (Å²) in [6, 6.07) is 6.73. The summed E-state index contributed by atoms with van der Waals surface area (Å²) >= 11 is 5.75. The van der Waals surface area contributed by atoms with Crippen LogP contribution in [0.3, 0.4) is 0 Å². The van der Waals surface area contributed by atoms with Gasteiger partial charge in [-0.2, -0.15) is 0 Å². The topological polar surface area (TPSA) is 72.7 Å². The zero-order valence-corrected chi connectivity index (χ0v) is 10.6. The Hall–Kier alpha value is -1.95. The maximum Gasteiger partial charge on any atom is 0.251 e. The highest BCUT2D eigenvalue weighted by molar-refractivity contribution is 6.30. The lowest BCUT2D eigenvalue weighted by molar-refractivity contribution is 0.0954. The van der Waals surface area contributed by atoms with Gasteiger partial charge >= 0.3 is 0 Å². The van der Waals surface area contributed by atoms with Gasteiger partial charge in [-0.3, -0.25) is 4.79 Å². The van der Waals surface area contributed by atoms with Crippen LogP contribution in [0.4, 0.5) is 0 Å². The van der Waals surface area contributed by atoms with E-state index in [0.29, 0.717) is 23.6 Å². The molecule has 0 bridgehead atoms. The second kappa shape index (κ2) is 5.59. The predicted octanol–water partition coefficient (Wildman–Crippen LogP) is 0.836. The summed E-state index contributed by atoms with van der Waals surface area (Å²) < 4.78 is 1.58. The first-order valence-electron chi connectivity index (χ1n) is 5.42. The minimum atomic E-state index is -0.137. The number of carbonyl (C=O) groups excluding carboxylic acids is 1. The molecule has 0 aliphatic carbocycles. The van der Waals surface area contributed by atoms with E-state index in [4.69, 9.17) is 11.6 Å². The van der Waals surface area contributed by atoms with Crippen LogP contribution >= 0.6 is 11.6 Å².